The molecule has 0 radical (unpaired) electrons. The van der Waals surface area contributed by atoms with Gasteiger partial charge in [-0.05, 0) is 25.1 Å². The van der Waals surface area contributed by atoms with Gasteiger partial charge in [-0.2, -0.15) is 5.10 Å². The first-order valence-electron chi connectivity index (χ1n) is 5.82. The summed E-state index contributed by atoms with van der Waals surface area (Å²) in [5, 5.41) is 7.69. The average Bonchev–Trinajstić information content (AvgIpc) is 2.67. The maximum atomic E-state index is 5.86. The van der Waals surface area contributed by atoms with Gasteiger partial charge in [-0.3, -0.25) is 4.68 Å². The molecule has 2 rings (SSSR count). The Morgan fingerprint density at radius 3 is 2.83 bits per heavy atom. The fourth-order valence-corrected chi connectivity index (χ4v) is 2.30. The van der Waals surface area contributed by atoms with Crippen LogP contribution < -0.4 is 11.1 Å². The van der Waals surface area contributed by atoms with E-state index in [0.29, 0.717) is 6.54 Å². The van der Waals surface area contributed by atoms with Crippen LogP contribution in [0.2, 0.25) is 0 Å². The number of hydrogen-bond donors (Lipinski definition) is 2. The average molecular weight is 309 g/mol. The first-order chi connectivity index (χ1) is 8.61. The van der Waals surface area contributed by atoms with Gasteiger partial charge in [0.2, 0.25) is 0 Å². The van der Waals surface area contributed by atoms with Crippen LogP contribution in [0.4, 0.5) is 5.69 Å². The molecule has 0 aliphatic heterocycles. The summed E-state index contributed by atoms with van der Waals surface area (Å²) in [7, 11) is 1.94. The Hall–Kier alpha value is -1.33. The van der Waals surface area contributed by atoms with Crippen molar-refractivity contribution in [2.75, 3.05) is 11.9 Å². The number of anilines is 1. The molecule has 1 atom stereocenters. The molecule has 96 valence electrons. The van der Waals surface area contributed by atoms with E-state index in [1.165, 1.54) is 0 Å². The van der Waals surface area contributed by atoms with Crippen molar-refractivity contribution in [3.63, 3.8) is 0 Å². The lowest BCUT2D eigenvalue weighted by molar-refractivity contribution is 0.728. The Balaban J connectivity index is 2.22. The van der Waals surface area contributed by atoms with Gasteiger partial charge in [0.05, 0.1) is 12.2 Å². The summed E-state index contributed by atoms with van der Waals surface area (Å²) in [6.45, 7) is 2.58. The number of benzene rings is 1. The molecule has 0 aliphatic carbocycles. The van der Waals surface area contributed by atoms with Gasteiger partial charge in [-0.1, -0.05) is 22.0 Å². The molecule has 0 saturated carbocycles. The van der Waals surface area contributed by atoms with Crippen molar-refractivity contribution >= 4 is 21.6 Å². The predicted octanol–water partition coefficient (Wildman–Crippen LogP) is 2.60. The fourth-order valence-electron chi connectivity index (χ4n) is 1.90. The van der Waals surface area contributed by atoms with Crippen molar-refractivity contribution < 1.29 is 0 Å². The van der Waals surface area contributed by atoms with Crippen LogP contribution in [0, 0.1) is 6.92 Å². The first-order valence-corrected chi connectivity index (χ1v) is 6.61. The highest BCUT2D eigenvalue weighted by Gasteiger charge is 2.15. The number of aryl methyl sites for hydroxylation is 1. The number of rotatable bonds is 4. The maximum absolute atomic E-state index is 5.86. The number of halogens is 1. The molecule has 4 nitrogen and oxygen atoms in total. The summed E-state index contributed by atoms with van der Waals surface area (Å²) < 4.78 is 2.91. The summed E-state index contributed by atoms with van der Waals surface area (Å²) in [6, 6.07) is 8.13. The Morgan fingerprint density at radius 2 is 2.28 bits per heavy atom. The van der Waals surface area contributed by atoms with Crippen LogP contribution in [0.15, 0.2) is 34.9 Å². The zero-order valence-electron chi connectivity index (χ0n) is 10.5. The lowest BCUT2D eigenvalue weighted by Crippen LogP contribution is -2.21. The number of nitrogens with zero attached hydrogens (tertiary/aromatic N) is 2. The summed E-state index contributed by atoms with van der Waals surface area (Å²) >= 11 is 3.46. The number of nitrogens with two attached hydrogens (primary N) is 1. The zero-order valence-corrected chi connectivity index (χ0v) is 12.1. The van der Waals surface area contributed by atoms with Crippen LogP contribution in [0.1, 0.15) is 17.3 Å². The SMILES string of the molecule is Cc1c(C(CN)Nc2cccc(Br)c2)cnn1C. The summed E-state index contributed by atoms with van der Waals surface area (Å²) in [4.78, 5) is 0. The van der Waals surface area contributed by atoms with E-state index >= 15 is 0 Å². The van der Waals surface area contributed by atoms with Gasteiger partial charge in [-0.15, -0.1) is 0 Å². The largest absolute Gasteiger partial charge is 0.377 e. The summed E-state index contributed by atoms with van der Waals surface area (Å²) in [5.74, 6) is 0. The standard InChI is InChI=1S/C13H17BrN4/c1-9-12(8-16-18(9)2)13(7-15)17-11-5-3-4-10(14)6-11/h3-6,8,13,17H,7,15H2,1-2H3. The first kappa shape index (κ1) is 13.1. The second-order valence-electron chi connectivity index (χ2n) is 4.25. The molecule has 0 aliphatic rings. The van der Waals surface area contributed by atoms with Crippen LogP contribution in [-0.2, 0) is 7.05 Å². The smallest absolute Gasteiger partial charge is 0.0669 e. The molecule has 3 N–H and O–H groups in total. The number of aromatic nitrogens is 2. The van der Waals surface area contributed by atoms with Crippen LogP contribution in [0.3, 0.4) is 0 Å². The van der Waals surface area contributed by atoms with E-state index < -0.39 is 0 Å². The molecule has 5 heteroatoms. The number of nitrogens with one attached hydrogen (secondary N) is 1. The van der Waals surface area contributed by atoms with Gasteiger partial charge >= 0.3 is 0 Å². The van der Waals surface area contributed by atoms with Crippen molar-refractivity contribution in [1.29, 1.82) is 0 Å². The van der Waals surface area contributed by atoms with Crippen molar-refractivity contribution in [3.05, 3.63) is 46.2 Å². The minimum atomic E-state index is 0.0769. The van der Waals surface area contributed by atoms with Gasteiger partial charge in [0.15, 0.2) is 0 Å². The lowest BCUT2D eigenvalue weighted by Gasteiger charge is -2.18. The molecule has 18 heavy (non-hydrogen) atoms. The third-order valence-corrected chi connectivity index (χ3v) is 3.54. The topological polar surface area (TPSA) is 55.9 Å². The highest BCUT2D eigenvalue weighted by Crippen LogP contribution is 2.23. The van der Waals surface area contributed by atoms with Gasteiger partial charge in [0, 0.05) is 35.0 Å². The molecular weight excluding hydrogens is 292 g/mol. The zero-order chi connectivity index (χ0) is 13.1. The predicted molar refractivity (Wildman–Crippen MR) is 77.5 cm³/mol. The summed E-state index contributed by atoms with van der Waals surface area (Å²) in [6.07, 6.45) is 1.87. The highest BCUT2D eigenvalue weighted by molar-refractivity contribution is 9.10. The molecule has 0 amide bonds. The van der Waals surface area contributed by atoms with E-state index in [4.69, 9.17) is 5.73 Å². The summed E-state index contributed by atoms with van der Waals surface area (Å²) in [5.41, 5.74) is 9.17. The molecule has 0 saturated heterocycles. The van der Waals surface area contributed by atoms with E-state index in [9.17, 15) is 0 Å². The number of hydrogen-bond acceptors (Lipinski definition) is 3. The van der Waals surface area contributed by atoms with E-state index in [0.717, 1.165) is 21.4 Å². The Morgan fingerprint density at radius 1 is 1.50 bits per heavy atom. The quantitative estimate of drug-likeness (QED) is 0.913. The molecular formula is C13H17BrN4. The minimum absolute atomic E-state index is 0.0769. The van der Waals surface area contributed by atoms with Crippen LogP contribution in [0.5, 0.6) is 0 Å². The molecule has 2 aromatic rings. The second-order valence-corrected chi connectivity index (χ2v) is 5.17. The van der Waals surface area contributed by atoms with Gasteiger partial charge in [0.1, 0.15) is 0 Å². The molecule has 0 spiro atoms. The molecule has 1 aromatic carbocycles. The van der Waals surface area contributed by atoms with Crippen molar-refractivity contribution in [2.45, 2.75) is 13.0 Å². The fraction of sp³-hybridized carbons (Fsp3) is 0.308. The van der Waals surface area contributed by atoms with E-state index in [1.54, 1.807) is 0 Å². The molecule has 0 bridgehead atoms. The lowest BCUT2D eigenvalue weighted by atomic mass is 10.1. The monoisotopic (exact) mass is 308 g/mol. The van der Waals surface area contributed by atoms with Gasteiger partial charge < -0.3 is 11.1 Å². The third-order valence-electron chi connectivity index (χ3n) is 3.05. The Kier molecular flexibility index (Phi) is 4.04. The Labute approximate surface area is 115 Å². The maximum Gasteiger partial charge on any atom is 0.0669 e. The minimum Gasteiger partial charge on any atom is -0.377 e. The van der Waals surface area contributed by atoms with Crippen LogP contribution in [0.25, 0.3) is 0 Å². The molecule has 1 aromatic heterocycles. The van der Waals surface area contributed by atoms with Crippen molar-refractivity contribution in [1.82, 2.24) is 9.78 Å². The third kappa shape index (κ3) is 2.73. The van der Waals surface area contributed by atoms with Crippen LogP contribution in [-0.4, -0.2) is 16.3 Å². The van der Waals surface area contributed by atoms with E-state index in [2.05, 4.69) is 26.3 Å². The molecule has 1 heterocycles. The van der Waals surface area contributed by atoms with Crippen molar-refractivity contribution in [3.8, 4) is 0 Å². The normalized spacial score (nSPS) is 12.4. The van der Waals surface area contributed by atoms with Crippen molar-refractivity contribution in [2.24, 2.45) is 12.8 Å². The Bertz CT molecular complexity index is 536. The molecule has 0 fully saturated rings. The van der Waals surface area contributed by atoms with E-state index in [1.807, 2.05) is 49.1 Å². The van der Waals surface area contributed by atoms with Gasteiger partial charge in [0.25, 0.3) is 0 Å². The molecule has 1 unspecified atom stereocenters. The second kappa shape index (κ2) is 5.54. The highest BCUT2D eigenvalue weighted by atomic mass is 79.9. The van der Waals surface area contributed by atoms with Crippen LogP contribution >= 0.6 is 15.9 Å². The van der Waals surface area contributed by atoms with Gasteiger partial charge in [-0.25, -0.2) is 0 Å². The van der Waals surface area contributed by atoms with E-state index in [-0.39, 0.29) is 6.04 Å².